The molecule has 0 fully saturated rings. The molecular formula is C12H16N2O4S. The fraction of sp³-hybridized carbons (Fsp3) is 0.417. The van der Waals surface area contributed by atoms with Crippen LogP contribution in [0, 0.1) is 6.92 Å². The fourth-order valence-electron chi connectivity index (χ4n) is 1.25. The topological polar surface area (TPSA) is 95.5 Å². The molecule has 0 bridgehead atoms. The molecule has 3 N–H and O–H groups in total. The lowest BCUT2D eigenvalue weighted by atomic mass is 10.1. The number of hydrogen-bond donors (Lipinski definition) is 3. The summed E-state index contributed by atoms with van der Waals surface area (Å²) in [5.41, 5.74) is -1.36. The van der Waals surface area contributed by atoms with Crippen LogP contribution in [0.5, 0.6) is 0 Å². The molecule has 2 amide bonds. The second-order valence-electron chi connectivity index (χ2n) is 4.57. The van der Waals surface area contributed by atoms with E-state index in [9.17, 15) is 14.4 Å². The van der Waals surface area contributed by atoms with E-state index in [1.54, 1.807) is 6.07 Å². The third-order valence-corrected chi connectivity index (χ3v) is 3.36. The van der Waals surface area contributed by atoms with Gasteiger partial charge >= 0.3 is 5.97 Å². The van der Waals surface area contributed by atoms with Gasteiger partial charge in [-0.05, 0) is 32.9 Å². The van der Waals surface area contributed by atoms with Gasteiger partial charge in [0.2, 0.25) is 5.91 Å². The van der Waals surface area contributed by atoms with E-state index in [4.69, 9.17) is 5.11 Å². The second-order valence-corrected chi connectivity index (χ2v) is 5.86. The maximum absolute atomic E-state index is 11.7. The van der Waals surface area contributed by atoms with Gasteiger partial charge in [0.15, 0.2) is 0 Å². The van der Waals surface area contributed by atoms with Crippen LogP contribution in [0.15, 0.2) is 12.1 Å². The Labute approximate surface area is 114 Å². The number of nitrogens with one attached hydrogen (secondary N) is 2. The van der Waals surface area contributed by atoms with Crippen LogP contribution < -0.4 is 10.6 Å². The first kappa shape index (κ1) is 15.2. The van der Waals surface area contributed by atoms with Gasteiger partial charge in [0.05, 0.1) is 11.4 Å². The zero-order chi connectivity index (χ0) is 14.6. The molecule has 0 aliphatic heterocycles. The predicted octanol–water partition coefficient (Wildman–Crippen LogP) is 0.766. The van der Waals surface area contributed by atoms with Gasteiger partial charge in [-0.1, -0.05) is 0 Å². The average Bonchev–Trinajstić information content (AvgIpc) is 2.72. The molecule has 1 aromatic rings. The van der Waals surface area contributed by atoms with E-state index in [0.29, 0.717) is 4.88 Å². The number of aryl methyl sites for hydroxylation is 1. The minimum atomic E-state index is -1.36. The molecule has 19 heavy (non-hydrogen) atoms. The molecule has 104 valence electrons. The Hall–Kier alpha value is -1.89. The van der Waals surface area contributed by atoms with Crippen molar-refractivity contribution in [2.45, 2.75) is 26.3 Å². The highest BCUT2D eigenvalue weighted by molar-refractivity contribution is 7.13. The van der Waals surface area contributed by atoms with Crippen LogP contribution in [-0.2, 0) is 9.59 Å². The molecule has 0 unspecified atom stereocenters. The molecule has 0 saturated heterocycles. The van der Waals surface area contributed by atoms with Gasteiger partial charge in [0, 0.05) is 4.88 Å². The molecule has 0 atom stereocenters. The molecule has 1 aromatic heterocycles. The monoisotopic (exact) mass is 284 g/mol. The van der Waals surface area contributed by atoms with Crippen molar-refractivity contribution < 1.29 is 19.5 Å². The van der Waals surface area contributed by atoms with Crippen molar-refractivity contribution in [1.29, 1.82) is 0 Å². The van der Waals surface area contributed by atoms with Gasteiger partial charge < -0.3 is 15.7 Å². The van der Waals surface area contributed by atoms with E-state index in [2.05, 4.69) is 10.6 Å². The summed E-state index contributed by atoms with van der Waals surface area (Å²) in [4.78, 5) is 35.5. The smallest absolute Gasteiger partial charge is 0.328 e. The van der Waals surface area contributed by atoms with E-state index in [-0.39, 0.29) is 12.5 Å². The summed E-state index contributed by atoms with van der Waals surface area (Å²) in [5, 5.41) is 13.6. The van der Waals surface area contributed by atoms with Crippen LogP contribution in [0.3, 0.4) is 0 Å². The Balaban J connectivity index is 2.47. The number of carboxylic acids is 1. The molecule has 0 aliphatic carbocycles. The number of hydrogen-bond acceptors (Lipinski definition) is 4. The molecule has 0 aliphatic rings. The maximum atomic E-state index is 11.7. The molecular weight excluding hydrogens is 268 g/mol. The van der Waals surface area contributed by atoms with Crippen molar-refractivity contribution in [3.63, 3.8) is 0 Å². The molecule has 1 heterocycles. The van der Waals surface area contributed by atoms with Crippen molar-refractivity contribution in [1.82, 2.24) is 10.6 Å². The third-order valence-electron chi connectivity index (χ3n) is 2.36. The molecule has 1 rings (SSSR count). The summed E-state index contributed by atoms with van der Waals surface area (Å²) in [6, 6.07) is 3.49. The number of carbonyl (C=O) groups excluding carboxylic acids is 2. The lowest BCUT2D eigenvalue weighted by molar-refractivity contribution is -0.145. The maximum Gasteiger partial charge on any atom is 0.328 e. The van der Waals surface area contributed by atoms with Crippen LogP contribution >= 0.6 is 11.3 Å². The number of amides is 2. The van der Waals surface area contributed by atoms with Crippen LogP contribution in [0.25, 0.3) is 0 Å². The molecule has 0 aromatic carbocycles. The van der Waals surface area contributed by atoms with E-state index in [0.717, 1.165) is 4.88 Å². The van der Waals surface area contributed by atoms with Gasteiger partial charge in [0.1, 0.15) is 5.54 Å². The second kappa shape index (κ2) is 5.83. The SMILES string of the molecule is Cc1ccc(C(=O)NCC(=O)NC(C)(C)C(=O)O)s1. The first-order chi connectivity index (χ1) is 8.72. The molecule has 0 saturated carbocycles. The van der Waals surface area contributed by atoms with E-state index in [1.807, 2.05) is 13.0 Å². The first-order valence-electron chi connectivity index (χ1n) is 5.61. The third kappa shape index (κ3) is 4.36. The lowest BCUT2D eigenvalue weighted by Crippen LogP contribution is -2.52. The van der Waals surface area contributed by atoms with Gasteiger partial charge in [-0.25, -0.2) is 4.79 Å². The van der Waals surface area contributed by atoms with E-state index in [1.165, 1.54) is 25.2 Å². The number of carbonyl (C=O) groups is 3. The van der Waals surface area contributed by atoms with Gasteiger partial charge in [-0.2, -0.15) is 0 Å². The minimum absolute atomic E-state index is 0.257. The highest BCUT2D eigenvalue weighted by Crippen LogP contribution is 2.14. The summed E-state index contributed by atoms with van der Waals surface area (Å²) < 4.78 is 0. The predicted molar refractivity (Wildman–Crippen MR) is 71.2 cm³/mol. The highest BCUT2D eigenvalue weighted by atomic mass is 32.1. The van der Waals surface area contributed by atoms with Gasteiger partial charge in [-0.15, -0.1) is 11.3 Å². The Morgan fingerprint density at radius 3 is 2.42 bits per heavy atom. The molecule has 7 heteroatoms. The summed E-state index contributed by atoms with van der Waals surface area (Å²) in [6.45, 7) is 4.37. The van der Waals surface area contributed by atoms with Crippen molar-refractivity contribution in [3.05, 3.63) is 21.9 Å². The average molecular weight is 284 g/mol. The van der Waals surface area contributed by atoms with Crippen LogP contribution in [0.4, 0.5) is 0 Å². The fourth-order valence-corrected chi connectivity index (χ4v) is 2.03. The number of carboxylic acid groups (broad SMARTS) is 1. The van der Waals surface area contributed by atoms with Crippen molar-refractivity contribution in [2.75, 3.05) is 6.54 Å². The van der Waals surface area contributed by atoms with Gasteiger partial charge in [0.25, 0.3) is 5.91 Å². The molecule has 6 nitrogen and oxygen atoms in total. The molecule has 0 radical (unpaired) electrons. The Kier molecular flexibility index (Phi) is 4.66. The van der Waals surface area contributed by atoms with Crippen molar-refractivity contribution in [2.24, 2.45) is 0 Å². The van der Waals surface area contributed by atoms with Crippen LogP contribution in [-0.4, -0.2) is 35.0 Å². The van der Waals surface area contributed by atoms with Crippen molar-refractivity contribution in [3.8, 4) is 0 Å². The molecule has 0 spiro atoms. The summed E-state index contributed by atoms with van der Waals surface area (Å²) >= 11 is 1.33. The van der Waals surface area contributed by atoms with E-state index >= 15 is 0 Å². The number of thiophene rings is 1. The Morgan fingerprint density at radius 2 is 1.95 bits per heavy atom. The lowest BCUT2D eigenvalue weighted by Gasteiger charge is -2.20. The number of aliphatic carboxylic acids is 1. The zero-order valence-electron chi connectivity index (χ0n) is 10.9. The zero-order valence-corrected chi connectivity index (χ0v) is 11.8. The summed E-state index contributed by atoms with van der Waals surface area (Å²) in [6.07, 6.45) is 0. The Morgan fingerprint density at radius 1 is 1.32 bits per heavy atom. The first-order valence-corrected chi connectivity index (χ1v) is 6.43. The van der Waals surface area contributed by atoms with Crippen molar-refractivity contribution >= 4 is 29.1 Å². The van der Waals surface area contributed by atoms with Crippen LogP contribution in [0.2, 0.25) is 0 Å². The van der Waals surface area contributed by atoms with Gasteiger partial charge in [-0.3, -0.25) is 9.59 Å². The Bertz CT molecular complexity index is 508. The number of rotatable bonds is 5. The van der Waals surface area contributed by atoms with Crippen LogP contribution in [0.1, 0.15) is 28.4 Å². The highest BCUT2D eigenvalue weighted by Gasteiger charge is 2.28. The standard InChI is InChI=1S/C12H16N2O4S/c1-7-4-5-8(19-7)10(16)13-6-9(15)14-12(2,3)11(17)18/h4-5H,6H2,1-3H3,(H,13,16)(H,14,15)(H,17,18). The minimum Gasteiger partial charge on any atom is -0.480 e. The quantitative estimate of drug-likeness (QED) is 0.744. The normalized spacial score (nSPS) is 10.9. The summed E-state index contributed by atoms with van der Waals surface area (Å²) in [5.74, 6) is -2.03. The summed E-state index contributed by atoms with van der Waals surface area (Å²) in [7, 11) is 0. The largest absolute Gasteiger partial charge is 0.480 e. The van der Waals surface area contributed by atoms with E-state index < -0.39 is 17.4 Å².